The third kappa shape index (κ3) is 3.67. The lowest BCUT2D eigenvalue weighted by molar-refractivity contribution is 0.0944. The van der Waals surface area contributed by atoms with Gasteiger partial charge >= 0.3 is 0 Å². The summed E-state index contributed by atoms with van der Waals surface area (Å²) in [7, 11) is 0. The number of hydrogen-bond acceptors (Lipinski definition) is 5. The Bertz CT molecular complexity index is 1180. The number of rotatable bonds is 7. The number of furan rings is 1. The van der Waals surface area contributed by atoms with Gasteiger partial charge in [0.25, 0.3) is 11.8 Å². The van der Waals surface area contributed by atoms with Gasteiger partial charge in [0.05, 0.1) is 12.0 Å². The second-order valence-corrected chi connectivity index (χ2v) is 6.88. The first-order valence-corrected chi connectivity index (χ1v) is 9.63. The summed E-state index contributed by atoms with van der Waals surface area (Å²) in [4.78, 5) is 33.1. The lowest BCUT2D eigenvalue weighted by Crippen LogP contribution is -2.29. The molecule has 0 aliphatic heterocycles. The van der Waals surface area contributed by atoms with Crippen molar-refractivity contribution in [3.8, 4) is 11.5 Å². The topological polar surface area (TPSA) is 116 Å². The minimum atomic E-state index is -0.719. The van der Waals surface area contributed by atoms with Crippen LogP contribution < -0.4 is 11.1 Å². The molecular weight excluding hydrogens is 382 g/mol. The van der Waals surface area contributed by atoms with Crippen molar-refractivity contribution >= 4 is 17.5 Å². The molecule has 4 aromatic rings. The van der Waals surface area contributed by atoms with Gasteiger partial charge in [-0.2, -0.15) is 0 Å². The smallest absolute Gasteiger partial charge is 0.271 e. The summed E-state index contributed by atoms with van der Waals surface area (Å²) in [5, 5.41) is 2.95. The van der Waals surface area contributed by atoms with E-state index in [1.807, 2.05) is 30.3 Å². The average Bonchev–Trinajstić information content (AvgIpc) is 3.44. The molecule has 30 heavy (non-hydrogen) atoms. The zero-order valence-corrected chi connectivity index (χ0v) is 16.4. The second-order valence-electron chi connectivity index (χ2n) is 6.88. The van der Waals surface area contributed by atoms with Crippen LogP contribution in [0.2, 0.25) is 0 Å². The minimum absolute atomic E-state index is 0.00632. The van der Waals surface area contributed by atoms with E-state index in [0.29, 0.717) is 18.0 Å². The molecule has 4 rings (SSSR count). The van der Waals surface area contributed by atoms with Gasteiger partial charge in [-0.3, -0.25) is 14.0 Å². The van der Waals surface area contributed by atoms with Crippen LogP contribution in [0.5, 0.6) is 0 Å². The molecule has 1 aromatic carbocycles. The Balaban J connectivity index is 1.67. The summed E-state index contributed by atoms with van der Waals surface area (Å²) in [6.45, 7) is 2.54. The molecule has 0 aliphatic rings. The van der Waals surface area contributed by atoms with Crippen molar-refractivity contribution in [2.45, 2.75) is 19.3 Å². The quantitative estimate of drug-likeness (QED) is 0.492. The standard InChI is InChI=1S/C22H21N5O3/c1-2-14(15-7-4-3-5-8-15)12-24-22(29)16-11-17(18-9-6-10-30-18)27-13-25-19(20(23)28)21(27)26-16/h3-11,13-14H,2,12H2,1H3,(H2,23,28)(H,24,29). The lowest BCUT2D eigenvalue weighted by Gasteiger charge is -2.16. The van der Waals surface area contributed by atoms with Gasteiger partial charge in [-0.25, -0.2) is 9.97 Å². The maximum atomic E-state index is 12.9. The Morgan fingerprint density at radius 1 is 1.20 bits per heavy atom. The van der Waals surface area contributed by atoms with Gasteiger partial charge in [0.1, 0.15) is 12.0 Å². The third-order valence-electron chi connectivity index (χ3n) is 5.01. The largest absolute Gasteiger partial charge is 0.463 e. The highest BCUT2D eigenvalue weighted by Crippen LogP contribution is 2.24. The molecule has 0 saturated heterocycles. The van der Waals surface area contributed by atoms with E-state index in [0.717, 1.165) is 12.0 Å². The van der Waals surface area contributed by atoms with Gasteiger partial charge in [0.2, 0.25) is 0 Å². The molecule has 2 amide bonds. The Morgan fingerprint density at radius 2 is 2.00 bits per heavy atom. The van der Waals surface area contributed by atoms with Crippen molar-refractivity contribution < 1.29 is 14.0 Å². The predicted octanol–water partition coefficient (Wildman–Crippen LogP) is 3.01. The zero-order chi connectivity index (χ0) is 21.1. The van der Waals surface area contributed by atoms with Crippen LogP contribution in [0.3, 0.4) is 0 Å². The molecule has 0 bridgehead atoms. The van der Waals surface area contributed by atoms with E-state index in [-0.39, 0.29) is 28.9 Å². The summed E-state index contributed by atoms with van der Waals surface area (Å²) in [5.41, 5.74) is 7.48. The van der Waals surface area contributed by atoms with E-state index in [9.17, 15) is 9.59 Å². The highest BCUT2D eigenvalue weighted by atomic mass is 16.3. The molecule has 1 unspecified atom stereocenters. The molecule has 0 aliphatic carbocycles. The van der Waals surface area contributed by atoms with E-state index in [4.69, 9.17) is 10.2 Å². The van der Waals surface area contributed by atoms with Crippen molar-refractivity contribution in [3.05, 3.63) is 78.1 Å². The fraction of sp³-hybridized carbons (Fsp3) is 0.182. The minimum Gasteiger partial charge on any atom is -0.463 e. The number of benzene rings is 1. The maximum absolute atomic E-state index is 12.9. The van der Waals surface area contributed by atoms with Gasteiger partial charge in [0.15, 0.2) is 17.1 Å². The number of imidazole rings is 1. The summed E-state index contributed by atoms with van der Waals surface area (Å²) in [6.07, 6.45) is 3.84. The molecule has 3 N–H and O–H groups in total. The number of hydrogen-bond donors (Lipinski definition) is 2. The predicted molar refractivity (Wildman–Crippen MR) is 111 cm³/mol. The van der Waals surface area contributed by atoms with E-state index >= 15 is 0 Å². The van der Waals surface area contributed by atoms with Crippen molar-refractivity contribution in [3.63, 3.8) is 0 Å². The van der Waals surface area contributed by atoms with Crippen molar-refractivity contribution in [2.75, 3.05) is 6.54 Å². The van der Waals surface area contributed by atoms with Crippen LogP contribution in [0, 0.1) is 0 Å². The van der Waals surface area contributed by atoms with Gasteiger partial charge in [-0.05, 0) is 30.2 Å². The molecule has 0 fully saturated rings. The van der Waals surface area contributed by atoms with Crippen molar-refractivity contribution in [1.29, 1.82) is 0 Å². The fourth-order valence-corrected chi connectivity index (χ4v) is 3.40. The first-order chi connectivity index (χ1) is 14.6. The number of carbonyl (C=O) groups is 2. The first-order valence-electron chi connectivity index (χ1n) is 9.63. The van der Waals surface area contributed by atoms with Crippen molar-refractivity contribution in [1.82, 2.24) is 19.7 Å². The molecule has 8 nitrogen and oxygen atoms in total. The molecular formula is C22H21N5O3. The number of aromatic nitrogens is 3. The lowest BCUT2D eigenvalue weighted by atomic mass is 9.96. The number of nitrogens with zero attached hydrogens (tertiary/aromatic N) is 3. The Morgan fingerprint density at radius 3 is 2.67 bits per heavy atom. The third-order valence-corrected chi connectivity index (χ3v) is 5.01. The zero-order valence-electron chi connectivity index (χ0n) is 16.4. The van der Waals surface area contributed by atoms with Gasteiger partial charge in [-0.1, -0.05) is 37.3 Å². The number of nitrogens with one attached hydrogen (secondary N) is 1. The molecule has 8 heteroatoms. The summed E-state index contributed by atoms with van der Waals surface area (Å²) in [6, 6.07) is 15.1. The van der Waals surface area contributed by atoms with Crippen LogP contribution in [-0.4, -0.2) is 32.7 Å². The number of carbonyl (C=O) groups excluding carboxylic acids is 2. The van der Waals surface area contributed by atoms with Crippen LogP contribution in [0.4, 0.5) is 0 Å². The van der Waals surface area contributed by atoms with Crippen molar-refractivity contribution in [2.24, 2.45) is 5.73 Å². The van der Waals surface area contributed by atoms with Crippen LogP contribution in [0.25, 0.3) is 17.1 Å². The molecule has 0 radical (unpaired) electrons. The molecule has 1 atom stereocenters. The second kappa shape index (κ2) is 8.20. The molecule has 0 saturated carbocycles. The molecule has 152 valence electrons. The molecule has 0 spiro atoms. The highest BCUT2D eigenvalue weighted by Gasteiger charge is 2.20. The van der Waals surface area contributed by atoms with Crippen LogP contribution >= 0.6 is 0 Å². The van der Waals surface area contributed by atoms with E-state index in [2.05, 4.69) is 22.2 Å². The number of amides is 2. The van der Waals surface area contributed by atoms with Gasteiger partial charge < -0.3 is 15.5 Å². The average molecular weight is 403 g/mol. The van der Waals surface area contributed by atoms with Crippen LogP contribution in [0.1, 0.15) is 45.8 Å². The fourth-order valence-electron chi connectivity index (χ4n) is 3.40. The van der Waals surface area contributed by atoms with Gasteiger partial charge in [-0.15, -0.1) is 0 Å². The SMILES string of the molecule is CCC(CNC(=O)c1cc(-c2ccco2)n2cnc(C(N)=O)c2n1)c1ccccc1. The number of nitrogens with two attached hydrogens (primary N) is 1. The monoisotopic (exact) mass is 403 g/mol. The summed E-state index contributed by atoms with van der Waals surface area (Å²) in [5.74, 6) is -0.375. The Labute approximate surface area is 172 Å². The Hall–Kier alpha value is -3.94. The van der Waals surface area contributed by atoms with E-state index in [1.54, 1.807) is 22.6 Å². The van der Waals surface area contributed by atoms with Crippen LogP contribution in [0.15, 0.2) is 65.5 Å². The van der Waals surface area contributed by atoms with E-state index < -0.39 is 5.91 Å². The van der Waals surface area contributed by atoms with E-state index in [1.165, 1.54) is 12.6 Å². The maximum Gasteiger partial charge on any atom is 0.271 e. The molecule has 3 aromatic heterocycles. The summed E-state index contributed by atoms with van der Waals surface area (Å²) >= 11 is 0. The van der Waals surface area contributed by atoms with Crippen LogP contribution in [-0.2, 0) is 0 Å². The number of fused-ring (bicyclic) bond motifs is 1. The van der Waals surface area contributed by atoms with Gasteiger partial charge in [0, 0.05) is 12.5 Å². The highest BCUT2D eigenvalue weighted by molar-refractivity contribution is 5.99. The molecule has 3 heterocycles. The Kier molecular flexibility index (Phi) is 5.30. The normalized spacial score (nSPS) is 12.0. The number of primary amides is 1. The summed E-state index contributed by atoms with van der Waals surface area (Å²) < 4.78 is 7.06. The first kappa shape index (κ1) is 19.4.